The van der Waals surface area contributed by atoms with E-state index in [4.69, 9.17) is 16.3 Å². The van der Waals surface area contributed by atoms with Crippen LogP contribution < -0.4 is 10.1 Å². The first-order valence-electron chi connectivity index (χ1n) is 8.13. The van der Waals surface area contributed by atoms with Gasteiger partial charge in [-0.05, 0) is 32.0 Å². The molecule has 1 aromatic carbocycles. The fraction of sp³-hybridized carbons (Fsp3) is 0.263. The summed E-state index contributed by atoms with van der Waals surface area (Å²) in [6.45, 7) is 8.33. The third-order valence-electron chi connectivity index (χ3n) is 3.86. The van der Waals surface area contributed by atoms with Crippen molar-refractivity contribution < 1.29 is 9.13 Å². The molecule has 1 atom stereocenters. The standard InChI is InChI=1S/C19H19ClFN3OS/c1-11(20)9-25-19-15(6-14-4-5-16(21)7-17(14)24-19)8-22-12(2)18-10-26-13(3)23-18/h4-7,10,12,22H,1,8-9H2,2-3H3. The number of fused-ring (bicyclic) bond motifs is 1. The SMILES string of the molecule is C=C(Cl)COc1nc2cc(F)ccc2cc1CNC(C)c1csc(C)n1. The van der Waals surface area contributed by atoms with Gasteiger partial charge in [0.05, 0.1) is 16.2 Å². The molecule has 136 valence electrons. The van der Waals surface area contributed by atoms with Crippen molar-refractivity contribution in [3.63, 3.8) is 0 Å². The lowest BCUT2D eigenvalue weighted by Crippen LogP contribution is -2.19. The number of nitrogens with one attached hydrogen (secondary N) is 1. The molecule has 2 aromatic heterocycles. The molecule has 0 fully saturated rings. The van der Waals surface area contributed by atoms with Crippen LogP contribution >= 0.6 is 22.9 Å². The Morgan fingerprint density at radius 3 is 2.88 bits per heavy atom. The van der Waals surface area contributed by atoms with Crippen molar-refractivity contribution in [1.29, 1.82) is 0 Å². The van der Waals surface area contributed by atoms with E-state index in [-0.39, 0.29) is 18.5 Å². The summed E-state index contributed by atoms with van der Waals surface area (Å²) in [5.74, 6) is 0.0789. The number of rotatable bonds is 7. The largest absolute Gasteiger partial charge is 0.472 e. The van der Waals surface area contributed by atoms with Crippen molar-refractivity contribution >= 4 is 33.8 Å². The summed E-state index contributed by atoms with van der Waals surface area (Å²) in [5.41, 5.74) is 2.40. The van der Waals surface area contributed by atoms with E-state index >= 15 is 0 Å². The number of benzene rings is 1. The highest BCUT2D eigenvalue weighted by Crippen LogP contribution is 2.25. The molecule has 0 saturated heterocycles. The van der Waals surface area contributed by atoms with Gasteiger partial charge in [0.25, 0.3) is 0 Å². The Morgan fingerprint density at radius 1 is 1.38 bits per heavy atom. The predicted molar refractivity (Wildman–Crippen MR) is 104 cm³/mol. The van der Waals surface area contributed by atoms with Gasteiger partial charge in [0.2, 0.25) is 5.88 Å². The summed E-state index contributed by atoms with van der Waals surface area (Å²) in [7, 11) is 0. The highest BCUT2D eigenvalue weighted by atomic mass is 35.5. The molecule has 4 nitrogen and oxygen atoms in total. The molecule has 0 amide bonds. The van der Waals surface area contributed by atoms with Crippen molar-refractivity contribution in [3.8, 4) is 5.88 Å². The highest BCUT2D eigenvalue weighted by Gasteiger charge is 2.13. The maximum Gasteiger partial charge on any atom is 0.218 e. The van der Waals surface area contributed by atoms with E-state index in [1.807, 2.05) is 18.4 Å². The molecule has 2 heterocycles. The van der Waals surface area contributed by atoms with Gasteiger partial charge < -0.3 is 10.1 Å². The molecule has 3 rings (SSSR count). The average molecular weight is 392 g/mol. The van der Waals surface area contributed by atoms with Crippen LogP contribution in [0.15, 0.2) is 41.3 Å². The zero-order valence-electron chi connectivity index (χ0n) is 14.6. The minimum atomic E-state index is -0.337. The maximum absolute atomic E-state index is 13.5. The first-order valence-corrected chi connectivity index (χ1v) is 9.39. The Bertz CT molecular complexity index is 944. The van der Waals surface area contributed by atoms with E-state index in [0.29, 0.717) is 23.0 Å². The summed E-state index contributed by atoms with van der Waals surface area (Å²) in [6.07, 6.45) is 0. The minimum Gasteiger partial charge on any atom is -0.472 e. The first-order chi connectivity index (χ1) is 12.4. The Kier molecular flexibility index (Phi) is 5.86. The van der Waals surface area contributed by atoms with Gasteiger partial charge in [-0.15, -0.1) is 11.3 Å². The number of thiazole rings is 1. The van der Waals surface area contributed by atoms with E-state index in [1.54, 1.807) is 17.4 Å². The van der Waals surface area contributed by atoms with Crippen LogP contribution in [0.25, 0.3) is 10.9 Å². The van der Waals surface area contributed by atoms with Gasteiger partial charge in [-0.25, -0.2) is 14.4 Å². The molecular weight excluding hydrogens is 373 g/mol. The van der Waals surface area contributed by atoms with Crippen molar-refractivity contribution in [3.05, 3.63) is 63.3 Å². The number of pyridine rings is 1. The first kappa shape index (κ1) is 18.8. The fourth-order valence-corrected chi connectivity index (χ4v) is 3.27. The van der Waals surface area contributed by atoms with E-state index < -0.39 is 0 Å². The van der Waals surface area contributed by atoms with Crippen LogP contribution in [0.5, 0.6) is 5.88 Å². The molecule has 0 radical (unpaired) electrons. The van der Waals surface area contributed by atoms with Crippen LogP contribution in [-0.2, 0) is 6.54 Å². The zero-order valence-corrected chi connectivity index (χ0v) is 16.1. The maximum atomic E-state index is 13.5. The molecule has 0 spiro atoms. The second kappa shape index (κ2) is 8.12. The predicted octanol–water partition coefficient (Wildman–Crippen LogP) is 5.12. The van der Waals surface area contributed by atoms with Gasteiger partial charge in [-0.1, -0.05) is 18.2 Å². The van der Waals surface area contributed by atoms with Crippen molar-refractivity contribution in [1.82, 2.24) is 15.3 Å². The van der Waals surface area contributed by atoms with E-state index in [0.717, 1.165) is 21.7 Å². The number of nitrogens with zero attached hydrogens (tertiary/aromatic N) is 2. The Balaban J connectivity index is 1.85. The minimum absolute atomic E-state index is 0.0831. The number of hydrogen-bond donors (Lipinski definition) is 1. The van der Waals surface area contributed by atoms with Crippen LogP contribution in [0.3, 0.4) is 0 Å². The van der Waals surface area contributed by atoms with Crippen molar-refractivity contribution in [2.24, 2.45) is 0 Å². The number of aryl methyl sites for hydroxylation is 1. The van der Waals surface area contributed by atoms with Crippen LogP contribution in [0.1, 0.15) is 29.2 Å². The fourth-order valence-electron chi connectivity index (χ4n) is 2.51. The van der Waals surface area contributed by atoms with E-state index in [9.17, 15) is 4.39 Å². The summed E-state index contributed by atoms with van der Waals surface area (Å²) in [4.78, 5) is 8.95. The topological polar surface area (TPSA) is 47.0 Å². The lowest BCUT2D eigenvalue weighted by atomic mass is 10.1. The third-order valence-corrected chi connectivity index (χ3v) is 4.76. The molecule has 1 unspecified atom stereocenters. The molecule has 0 bridgehead atoms. The molecule has 7 heteroatoms. The Morgan fingerprint density at radius 2 is 2.19 bits per heavy atom. The monoisotopic (exact) mass is 391 g/mol. The van der Waals surface area contributed by atoms with Gasteiger partial charge in [0.15, 0.2) is 0 Å². The summed E-state index contributed by atoms with van der Waals surface area (Å²) in [5, 5.41) is 7.72. The van der Waals surface area contributed by atoms with Crippen LogP contribution in [0, 0.1) is 12.7 Å². The molecule has 1 N–H and O–H groups in total. The second-order valence-electron chi connectivity index (χ2n) is 5.99. The number of aromatic nitrogens is 2. The normalized spacial score (nSPS) is 12.3. The smallest absolute Gasteiger partial charge is 0.218 e. The zero-order chi connectivity index (χ0) is 18.7. The Hall–Kier alpha value is -2.02. The van der Waals surface area contributed by atoms with Gasteiger partial charge in [0, 0.05) is 40.0 Å². The lowest BCUT2D eigenvalue weighted by molar-refractivity contribution is 0.340. The summed E-state index contributed by atoms with van der Waals surface area (Å²) >= 11 is 7.43. The summed E-state index contributed by atoms with van der Waals surface area (Å²) < 4.78 is 19.2. The average Bonchev–Trinajstić information content (AvgIpc) is 3.04. The van der Waals surface area contributed by atoms with Crippen LogP contribution in [-0.4, -0.2) is 16.6 Å². The van der Waals surface area contributed by atoms with Crippen molar-refractivity contribution in [2.75, 3.05) is 6.61 Å². The number of halogens is 2. The molecular formula is C19H19ClFN3OS. The molecule has 3 aromatic rings. The van der Waals surface area contributed by atoms with Gasteiger partial charge in [0.1, 0.15) is 12.4 Å². The second-order valence-corrected chi connectivity index (χ2v) is 7.59. The van der Waals surface area contributed by atoms with Gasteiger partial charge in [-0.2, -0.15) is 0 Å². The lowest BCUT2D eigenvalue weighted by Gasteiger charge is -2.15. The van der Waals surface area contributed by atoms with Crippen LogP contribution in [0.2, 0.25) is 0 Å². The molecule has 0 aliphatic rings. The van der Waals surface area contributed by atoms with E-state index in [1.165, 1.54) is 12.1 Å². The highest BCUT2D eigenvalue weighted by molar-refractivity contribution is 7.09. The van der Waals surface area contributed by atoms with Crippen molar-refractivity contribution in [2.45, 2.75) is 26.4 Å². The Labute approximate surface area is 160 Å². The summed E-state index contributed by atoms with van der Waals surface area (Å²) in [6, 6.07) is 6.54. The molecule has 0 aliphatic heterocycles. The molecule has 26 heavy (non-hydrogen) atoms. The number of ether oxygens (including phenoxy) is 1. The van der Waals surface area contributed by atoms with Gasteiger partial charge >= 0.3 is 0 Å². The molecule has 0 aliphatic carbocycles. The van der Waals surface area contributed by atoms with Crippen LogP contribution in [0.4, 0.5) is 4.39 Å². The third kappa shape index (κ3) is 4.58. The number of hydrogen-bond acceptors (Lipinski definition) is 5. The van der Waals surface area contributed by atoms with E-state index in [2.05, 4.69) is 28.8 Å². The molecule has 0 saturated carbocycles. The van der Waals surface area contributed by atoms with Gasteiger partial charge in [-0.3, -0.25) is 0 Å². The quantitative estimate of drug-likeness (QED) is 0.607.